The monoisotopic (exact) mass is 382 g/mol. The maximum atomic E-state index is 12.4. The molecule has 0 amide bonds. The molecule has 0 bridgehead atoms. The summed E-state index contributed by atoms with van der Waals surface area (Å²) in [5, 5.41) is 1.17. The minimum atomic E-state index is -0.301. The number of H-pyrrole nitrogens is 1. The van der Waals surface area contributed by atoms with E-state index in [9.17, 15) is 4.79 Å². The third kappa shape index (κ3) is 2.75. The van der Waals surface area contributed by atoms with E-state index in [0.29, 0.717) is 12.3 Å². The van der Waals surface area contributed by atoms with Crippen LogP contribution in [0.25, 0.3) is 33.3 Å². The Kier molecular flexibility index (Phi) is 4.20. The Morgan fingerprint density at radius 2 is 1.79 bits per heavy atom. The third-order valence-electron chi connectivity index (χ3n) is 5.72. The molecular formula is C25H22N2O2. The van der Waals surface area contributed by atoms with Crippen molar-refractivity contribution in [3.8, 4) is 22.4 Å². The first-order valence-corrected chi connectivity index (χ1v) is 10.0. The van der Waals surface area contributed by atoms with Crippen LogP contribution in [0.2, 0.25) is 0 Å². The molecule has 0 saturated carbocycles. The Hall–Kier alpha value is -3.40. The lowest BCUT2D eigenvalue weighted by molar-refractivity contribution is 0.0519. The maximum Gasteiger partial charge on any atom is 0.355 e. The summed E-state index contributed by atoms with van der Waals surface area (Å²) in [6.45, 7) is 4.17. The highest BCUT2D eigenvalue weighted by Gasteiger charge is 2.29. The second kappa shape index (κ2) is 6.89. The molecule has 4 aromatic rings. The van der Waals surface area contributed by atoms with Gasteiger partial charge in [-0.3, -0.25) is 0 Å². The number of carbonyl (C=O) groups excluding carboxylic acids is 1. The first-order chi connectivity index (χ1) is 14.2. The van der Waals surface area contributed by atoms with Gasteiger partial charge in [0.1, 0.15) is 5.69 Å². The predicted octanol–water partition coefficient (Wildman–Crippen LogP) is 5.48. The zero-order chi connectivity index (χ0) is 20.0. The molecule has 4 heteroatoms. The number of hydrogen-bond acceptors (Lipinski definition) is 3. The van der Waals surface area contributed by atoms with Crippen LogP contribution in [0.1, 0.15) is 34.2 Å². The van der Waals surface area contributed by atoms with Crippen molar-refractivity contribution in [3.63, 3.8) is 0 Å². The standard InChI is InChI=1S/C25H22N2O2/c1-3-29-25(28)23-15(2)21-20(27-23)14-13-18-22(16-9-5-4-6-10-16)17-11-7-8-12-19(17)26-24(18)21/h4-12,27H,3,13-14H2,1-2H3. The highest BCUT2D eigenvalue weighted by Crippen LogP contribution is 2.43. The van der Waals surface area contributed by atoms with Crippen LogP contribution in [0, 0.1) is 6.92 Å². The van der Waals surface area contributed by atoms with Crippen molar-refractivity contribution in [1.82, 2.24) is 9.97 Å². The van der Waals surface area contributed by atoms with E-state index >= 15 is 0 Å². The summed E-state index contributed by atoms with van der Waals surface area (Å²) < 4.78 is 5.25. The summed E-state index contributed by atoms with van der Waals surface area (Å²) in [6, 6.07) is 18.8. The summed E-state index contributed by atoms with van der Waals surface area (Å²) in [4.78, 5) is 20.8. The molecule has 29 heavy (non-hydrogen) atoms. The highest BCUT2D eigenvalue weighted by molar-refractivity contribution is 6.01. The molecule has 4 nitrogen and oxygen atoms in total. The average Bonchev–Trinajstić information content (AvgIpc) is 3.10. The van der Waals surface area contributed by atoms with Gasteiger partial charge in [0.25, 0.3) is 0 Å². The minimum absolute atomic E-state index is 0.301. The lowest BCUT2D eigenvalue weighted by atomic mass is 9.84. The molecule has 0 aliphatic heterocycles. The smallest absolute Gasteiger partial charge is 0.355 e. The molecule has 5 rings (SSSR count). The number of hydrogen-bond donors (Lipinski definition) is 1. The van der Waals surface area contributed by atoms with E-state index in [0.717, 1.165) is 40.9 Å². The Balaban J connectivity index is 1.81. The van der Waals surface area contributed by atoms with E-state index < -0.39 is 0 Å². The number of esters is 1. The van der Waals surface area contributed by atoms with Crippen LogP contribution < -0.4 is 0 Å². The Morgan fingerprint density at radius 3 is 2.59 bits per heavy atom. The van der Waals surface area contributed by atoms with Gasteiger partial charge in [0.15, 0.2) is 0 Å². The van der Waals surface area contributed by atoms with E-state index in [1.165, 1.54) is 22.1 Å². The molecule has 2 heterocycles. The number of nitrogens with one attached hydrogen (secondary N) is 1. The summed E-state index contributed by atoms with van der Waals surface area (Å²) >= 11 is 0. The predicted molar refractivity (Wildman–Crippen MR) is 115 cm³/mol. The van der Waals surface area contributed by atoms with Crippen molar-refractivity contribution in [2.45, 2.75) is 26.7 Å². The highest BCUT2D eigenvalue weighted by atomic mass is 16.5. The first-order valence-electron chi connectivity index (χ1n) is 10.0. The van der Waals surface area contributed by atoms with Crippen molar-refractivity contribution in [1.29, 1.82) is 0 Å². The fourth-order valence-electron chi connectivity index (χ4n) is 4.46. The minimum Gasteiger partial charge on any atom is -0.461 e. The Bertz CT molecular complexity index is 1240. The van der Waals surface area contributed by atoms with Crippen molar-refractivity contribution < 1.29 is 9.53 Å². The van der Waals surface area contributed by atoms with E-state index in [4.69, 9.17) is 9.72 Å². The zero-order valence-electron chi connectivity index (χ0n) is 16.6. The first kappa shape index (κ1) is 17.7. The van der Waals surface area contributed by atoms with Gasteiger partial charge in [-0.05, 0) is 55.0 Å². The second-order valence-electron chi connectivity index (χ2n) is 7.40. The summed E-state index contributed by atoms with van der Waals surface area (Å²) in [7, 11) is 0. The normalized spacial score (nSPS) is 12.5. The second-order valence-corrected chi connectivity index (χ2v) is 7.40. The molecular weight excluding hydrogens is 360 g/mol. The molecule has 1 aliphatic carbocycles. The van der Waals surface area contributed by atoms with Crippen LogP contribution in [0.3, 0.4) is 0 Å². The number of aromatic amines is 1. The van der Waals surface area contributed by atoms with E-state index in [1.54, 1.807) is 0 Å². The molecule has 2 aromatic carbocycles. The number of para-hydroxylation sites is 1. The van der Waals surface area contributed by atoms with Gasteiger partial charge in [0.05, 0.1) is 17.8 Å². The average molecular weight is 382 g/mol. The fourth-order valence-corrected chi connectivity index (χ4v) is 4.46. The molecule has 2 aromatic heterocycles. The lowest BCUT2D eigenvalue weighted by Gasteiger charge is -2.22. The molecule has 1 aliphatic rings. The number of benzene rings is 2. The van der Waals surface area contributed by atoms with Gasteiger partial charge in [-0.15, -0.1) is 0 Å². The molecule has 0 radical (unpaired) electrons. The van der Waals surface area contributed by atoms with Crippen LogP contribution >= 0.6 is 0 Å². The van der Waals surface area contributed by atoms with Crippen molar-refractivity contribution >= 4 is 16.9 Å². The number of ether oxygens (including phenoxy) is 1. The molecule has 0 spiro atoms. The number of nitrogens with zero attached hydrogens (tertiary/aromatic N) is 1. The molecule has 1 N–H and O–H groups in total. The maximum absolute atomic E-state index is 12.4. The number of rotatable bonds is 3. The van der Waals surface area contributed by atoms with Gasteiger partial charge >= 0.3 is 5.97 Å². The molecule has 0 atom stereocenters. The van der Waals surface area contributed by atoms with Gasteiger partial charge in [0, 0.05) is 16.6 Å². The van der Waals surface area contributed by atoms with Crippen molar-refractivity contribution in [3.05, 3.63) is 77.1 Å². The molecule has 0 saturated heterocycles. The van der Waals surface area contributed by atoms with Gasteiger partial charge in [-0.25, -0.2) is 9.78 Å². The Morgan fingerprint density at radius 1 is 1.03 bits per heavy atom. The van der Waals surface area contributed by atoms with Gasteiger partial charge in [-0.2, -0.15) is 0 Å². The number of aryl methyl sites for hydroxylation is 1. The van der Waals surface area contributed by atoms with Crippen LogP contribution in [-0.2, 0) is 17.6 Å². The Labute approximate surface area is 169 Å². The summed E-state index contributed by atoms with van der Waals surface area (Å²) in [5.41, 5.74) is 9.23. The van der Waals surface area contributed by atoms with E-state index in [-0.39, 0.29) is 5.97 Å². The van der Waals surface area contributed by atoms with Crippen LogP contribution in [0.15, 0.2) is 54.6 Å². The number of carbonyl (C=O) groups is 1. The topological polar surface area (TPSA) is 55.0 Å². The van der Waals surface area contributed by atoms with E-state index in [2.05, 4.69) is 47.4 Å². The number of fused-ring (bicyclic) bond motifs is 4. The SMILES string of the molecule is CCOC(=O)c1[nH]c2c(c1C)-c1nc3ccccc3c(-c3ccccc3)c1CC2. The fraction of sp³-hybridized carbons (Fsp3) is 0.200. The quantitative estimate of drug-likeness (QED) is 0.477. The molecule has 144 valence electrons. The van der Waals surface area contributed by atoms with E-state index in [1.807, 2.05) is 26.0 Å². The largest absolute Gasteiger partial charge is 0.461 e. The number of pyridine rings is 1. The number of aromatic nitrogens is 2. The lowest BCUT2D eigenvalue weighted by Crippen LogP contribution is -2.08. The summed E-state index contributed by atoms with van der Waals surface area (Å²) in [5.74, 6) is -0.301. The molecule has 0 unspecified atom stereocenters. The zero-order valence-corrected chi connectivity index (χ0v) is 16.6. The van der Waals surface area contributed by atoms with Gasteiger partial charge in [-0.1, -0.05) is 48.5 Å². The van der Waals surface area contributed by atoms with Crippen molar-refractivity contribution in [2.24, 2.45) is 0 Å². The van der Waals surface area contributed by atoms with Crippen LogP contribution in [0.5, 0.6) is 0 Å². The van der Waals surface area contributed by atoms with Gasteiger partial charge < -0.3 is 9.72 Å². The third-order valence-corrected chi connectivity index (χ3v) is 5.72. The van der Waals surface area contributed by atoms with Gasteiger partial charge in [0.2, 0.25) is 0 Å². The van der Waals surface area contributed by atoms with Crippen LogP contribution in [0.4, 0.5) is 0 Å². The van der Waals surface area contributed by atoms with Crippen LogP contribution in [-0.4, -0.2) is 22.5 Å². The molecule has 0 fully saturated rings. The summed E-state index contributed by atoms with van der Waals surface area (Å²) in [6.07, 6.45) is 1.73. The van der Waals surface area contributed by atoms with Crippen molar-refractivity contribution in [2.75, 3.05) is 6.61 Å².